The third-order valence-electron chi connectivity index (χ3n) is 3.10. The monoisotopic (exact) mass is 283 g/mol. The second-order valence-corrected chi connectivity index (χ2v) is 4.48. The van der Waals surface area contributed by atoms with Crippen LogP contribution in [0, 0.1) is 0 Å². The van der Waals surface area contributed by atoms with Crippen LogP contribution in [0.5, 0.6) is 5.75 Å². The van der Waals surface area contributed by atoms with E-state index in [0.29, 0.717) is 5.56 Å². The summed E-state index contributed by atoms with van der Waals surface area (Å²) in [5, 5.41) is 0. The first-order chi connectivity index (χ1) is 10.2. The quantitative estimate of drug-likeness (QED) is 0.784. The molecule has 1 atom stereocenters. The Balaban J connectivity index is 2.13. The molecule has 0 aliphatic carbocycles. The lowest BCUT2D eigenvalue weighted by molar-refractivity contribution is -0.126. The Kier molecular flexibility index (Phi) is 5.10. The Morgan fingerprint density at radius 1 is 1.10 bits per heavy atom. The second-order valence-electron chi connectivity index (χ2n) is 4.48. The highest BCUT2D eigenvalue weighted by Crippen LogP contribution is 2.20. The predicted molar refractivity (Wildman–Crippen MR) is 77.7 cm³/mol. The minimum absolute atomic E-state index is 0.172. The van der Waals surface area contributed by atoms with E-state index < -0.39 is 6.10 Å². The number of carbonyl (C=O) groups excluding carboxylic acids is 2. The van der Waals surface area contributed by atoms with Crippen molar-refractivity contribution in [2.75, 3.05) is 7.11 Å². The summed E-state index contributed by atoms with van der Waals surface area (Å²) in [6.45, 7) is 1.36. The lowest BCUT2D eigenvalue weighted by atomic mass is 10.00. The van der Waals surface area contributed by atoms with E-state index in [-0.39, 0.29) is 12.2 Å². The van der Waals surface area contributed by atoms with E-state index in [0.717, 1.165) is 11.3 Å². The molecule has 2 aromatic rings. The van der Waals surface area contributed by atoms with Crippen LogP contribution in [0.2, 0.25) is 0 Å². The molecule has 0 aromatic heterocycles. The molecular formula is C17H15O4. The highest BCUT2D eigenvalue weighted by molar-refractivity contribution is 5.87. The van der Waals surface area contributed by atoms with Crippen LogP contribution in [-0.4, -0.2) is 19.4 Å². The van der Waals surface area contributed by atoms with Crippen LogP contribution in [0.15, 0.2) is 54.6 Å². The van der Waals surface area contributed by atoms with Crippen molar-refractivity contribution in [3.63, 3.8) is 0 Å². The van der Waals surface area contributed by atoms with Gasteiger partial charge in [0.1, 0.15) is 5.75 Å². The second kappa shape index (κ2) is 7.24. The van der Waals surface area contributed by atoms with Gasteiger partial charge in [-0.3, -0.25) is 4.79 Å². The lowest BCUT2D eigenvalue weighted by Crippen LogP contribution is -2.17. The number of hydrogen-bond acceptors (Lipinski definition) is 4. The molecule has 0 saturated carbocycles. The van der Waals surface area contributed by atoms with Crippen molar-refractivity contribution in [2.45, 2.75) is 12.5 Å². The van der Waals surface area contributed by atoms with E-state index in [4.69, 9.17) is 9.47 Å². The minimum Gasteiger partial charge on any atom is -0.497 e. The van der Waals surface area contributed by atoms with Crippen LogP contribution in [0.1, 0.15) is 17.2 Å². The lowest BCUT2D eigenvalue weighted by Gasteiger charge is -2.14. The number of hydrogen-bond donors (Lipinski definition) is 0. The van der Waals surface area contributed by atoms with Crippen molar-refractivity contribution >= 4 is 12.3 Å². The van der Waals surface area contributed by atoms with Crippen LogP contribution in [0.4, 0.5) is 0 Å². The molecule has 2 rings (SSSR count). The molecule has 0 fully saturated rings. The number of rotatable bonds is 7. The molecule has 4 nitrogen and oxygen atoms in total. The number of carbonyl (C=O) groups is 1. The molecule has 0 spiro atoms. The van der Waals surface area contributed by atoms with Gasteiger partial charge in [0, 0.05) is 12.0 Å². The fraction of sp³-hybridized carbons (Fsp3) is 0.176. The van der Waals surface area contributed by atoms with Crippen molar-refractivity contribution in [1.82, 2.24) is 0 Å². The zero-order valence-corrected chi connectivity index (χ0v) is 11.6. The van der Waals surface area contributed by atoms with Gasteiger partial charge in [-0.1, -0.05) is 42.5 Å². The van der Waals surface area contributed by atoms with Gasteiger partial charge in [0.15, 0.2) is 11.9 Å². The Bertz CT molecular complexity index is 590. The van der Waals surface area contributed by atoms with Crippen LogP contribution in [-0.2, 0) is 20.7 Å². The van der Waals surface area contributed by atoms with Crippen molar-refractivity contribution in [3.8, 4) is 5.75 Å². The zero-order valence-electron chi connectivity index (χ0n) is 11.6. The third-order valence-corrected chi connectivity index (χ3v) is 3.10. The van der Waals surface area contributed by atoms with E-state index in [1.54, 1.807) is 43.5 Å². The maximum atomic E-state index is 12.3. The molecule has 0 saturated heterocycles. The fourth-order valence-corrected chi connectivity index (χ4v) is 2.03. The van der Waals surface area contributed by atoms with Crippen LogP contribution in [0.3, 0.4) is 0 Å². The molecular weight excluding hydrogens is 268 g/mol. The summed E-state index contributed by atoms with van der Waals surface area (Å²) >= 11 is 0. The summed E-state index contributed by atoms with van der Waals surface area (Å²) in [5.74, 6) is 0.526. The average molecular weight is 283 g/mol. The van der Waals surface area contributed by atoms with E-state index in [1.807, 2.05) is 18.2 Å². The van der Waals surface area contributed by atoms with Crippen molar-refractivity contribution in [1.29, 1.82) is 0 Å². The Morgan fingerprint density at radius 2 is 1.76 bits per heavy atom. The molecule has 0 aliphatic rings. The highest BCUT2D eigenvalue weighted by atomic mass is 16.5. The summed E-state index contributed by atoms with van der Waals surface area (Å²) in [5.41, 5.74) is 1.47. The van der Waals surface area contributed by atoms with Gasteiger partial charge in [-0.2, -0.15) is 0 Å². The smallest absolute Gasteiger partial charge is 0.418 e. The summed E-state index contributed by atoms with van der Waals surface area (Å²) in [7, 11) is 1.58. The topological polar surface area (TPSA) is 52.6 Å². The summed E-state index contributed by atoms with van der Waals surface area (Å²) in [6.07, 6.45) is -0.753. The van der Waals surface area contributed by atoms with E-state index in [9.17, 15) is 9.59 Å². The van der Waals surface area contributed by atoms with E-state index in [1.165, 1.54) is 6.47 Å². The minimum atomic E-state index is -0.925. The van der Waals surface area contributed by atoms with Gasteiger partial charge in [0.25, 0.3) is 0 Å². The van der Waals surface area contributed by atoms with Crippen molar-refractivity contribution in [3.05, 3.63) is 65.7 Å². The maximum Gasteiger partial charge on any atom is 0.418 e. The SMILES string of the molecule is COc1ccc(CC(=O)C(O[C]=O)c2ccccc2)cc1. The Morgan fingerprint density at radius 3 is 2.33 bits per heavy atom. The zero-order chi connectivity index (χ0) is 15.1. The molecule has 0 aliphatic heterocycles. The summed E-state index contributed by atoms with van der Waals surface area (Å²) < 4.78 is 9.90. The molecule has 107 valence electrons. The van der Waals surface area contributed by atoms with Gasteiger partial charge in [0.2, 0.25) is 0 Å². The maximum absolute atomic E-state index is 12.3. The molecule has 0 N–H and O–H groups in total. The molecule has 2 aromatic carbocycles. The fourth-order valence-electron chi connectivity index (χ4n) is 2.03. The Hall–Kier alpha value is -2.62. The molecule has 1 radical (unpaired) electrons. The average Bonchev–Trinajstić information content (AvgIpc) is 2.54. The van der Waals surface area contributed by atoms with Gasteiger partial charge < -0.3 is 9.47 Å². The number of ether oxygens (including phenoxy) is 2. The first-order valence-corrected chi connectivity index (χ1v) is 6.48. The molecule has 0 bridgehead atoms. The van der Waals surface area contributed by atoms with Gasteiger partial charge in [0.05, 0.1) is 7.11 Å². The van der Waals surface area contributed by atoms with Gasteiger partial charge >= 0.3 is 6.47 Å². The molecule has 0 amide bonds. The van der Waals surface area contributed by atoms with E-state index in [2.05, 4.69) is 0 Å². The first kappa shape index (κ1) is 14.8. The van der Waals surface area contributed by atoms with Crippen molar-refractivity contribution in [2.24, 2.45) is 0 Å². The molecule has 4 heteroatoms. The number of benzene rings is 2. The number of Topliss-reactive ketones (excluding diaryl/α,β-unsaturated/α-hetero) is 1. The first-order valence-electron chi connectivity index (χ1n) is 6.48. The van der Waals surface area contributed by atoms with Gasteiger partial charge in [-0.05, 0) is 17.7 Å². The highest BCUT2D eigenvalue weighted by Gasteiger charge is 2.22. The van der Waals surface area contributed by atoms with Crippen molar-refractivity contribution < 1.29 is 19.1 Å². The molecule has 21 heavy (non-hydrogen) atoms. The Labute approximate surface area is 123 Å². The third kappa shape index (κ3) is 3.92. The van der Waals surface area contributed by atoms with Crippen LogP contribution >= 0.6 is 0 Å². The number of ketones is 1. The van der Waals surface area contributed by atoms with Crippen LogP contribution < -0.4 is 4.74 Å². The molecule has 1 unspecified atom stereocenters. The normalized spacial score (nSPS) is 11.5. The van der Waals surface area contributed by atoms with E-state index >= 15 is 0 Å². The predicted octanol–water partition coefficient (Wildman–Crippen LogP) is 2.63. The summed E-state index contributed by atoms with van der Waals surface area (Å²) in [6, 6.07) is 16.1. The largest absolute Gasteiger partial charge is 0.497 e. The number of methoxy groups -OCH3 is 1. The van der Waals surface area contributed by atoms with Gasteiger partial charge in [-0.25, -0.2) is 4.79 Å². The van der Waals surface area contributed by atoms with Crippen LogP contribution in [0.25, 0.3) is 0 Å². The van der Waals surface area contributed by atoms with Gasteiger partial charge in [-0.15, -0.1) is 0 Å². The standard InChI is InChI=1S/C17H15O4/c1-20-15-9-7-13(8-10-15)11-16(19)17(21-12-18)14-5-3-2-4-6-14/h2-10,17H,11H2,1H3. The summed E-state index contributed by atoms with van der Waals surface area (Å²) in [4.78, 5) is 22.8. The molecule has 0 heterocycles.